The van der Waals surface area contributed by atoms with Gasteiger partial charge >= 0.3 is 0 Å². The molecule has 0 amide bonds. The zero-order valence-electron chi connectivity index (χ0n) is 11.1. The molecule has 4 heteroatoms. The predicted octanol–water partition coefficient (Wildman–Crippen LogP) is 1.84. The van der Waals surface area contributed by atoms with Crippen molar-refractivity contribution in [1.82, 2.24) is 10.2 Å². The van der Waals surface area contributed by atoms with Crippen molar-refractivity contribution in [2.24, 2.45) is 0 Å². The van der Waals surface area contributed by atoms with Crippen molar-refractivity contribution in [2.75, 3.05) is 20.1 Å². The molecule has 1 aliphatic rings. The maximum atomic E-state index is 9.76. The molecule has 100 valence electrons. The molecule has 1 fully saturated rings. The first-order chi connectivity index (χ1) is 8.59. The van der Waals surface area contributed by atoms with Crippen molar-refractivity contribution in [2.45, 2.75) is 31.8 Å². The minimum Gasteiger partial charge on any atom is -0.507 e. The van der Waals surface area contributed by atoms with Gasteiger partial charge in [-0.1, -0.05) is 6.07 Å². The van der Waals surface area contributed by atoms with E-state index >= 15 is 0 Å². The third-order valence-corrected chi connectivity index (χ3v) is 3.58. The summed E-state index contributed by atoms with van der Waals surface area (Å²) in [6.45, 7) is 3.79. The Morgan fingerprint density at radius 2 is 1.94 bits per heavy atom. The first-order valence-electron chi connectivity index (χ1n) is 6.54. The molecule has 0 bridgehead atoms. The summed E-state index contributed by atoms with van der Waals surface area (Å²) in [7, 11) is 2.14. The van der Waals surface area contributed by atoms with Gasteiger partial charge in [-0.25, -0.2) is 0 Å². The molecule has 1 aromatic carbocycles. The fraction of sp³-hybridized carbons (Fsp3) is 0.571. The van der Waals surface area contributed by atoms with Crippen LogP contribution < -0.4 is 5.32 Å². The monoisotopic (exact) mass is 250 g/mol. The summed E-state index contributed by atoms with van der Waals surface area (Å²) in [5.74, 6) is 0.288. The Kier molecular flexibility index (Phi) is 4.09. The average Bonchev–Trinajstić information content (AvgIpc) is 3.12. The number of phenols is 2. The van der Waals surface area contributed by atoms with Gasteiger partial charge < -0.3 is 20.4 Å². The second kappa shape index (κ2) is 5.59. The maximum absolute atomic E-state index is 9.76. The van der Waals surface area contributed by atoms with E-state index < -0.39 is 0 Å². The average molecular weight is 250 g/mol. The molecule has 0 radical (unpaired) electrons. The lowest BCUT2D eigenvalue weighted by atomic mass is 10.1. The van der Waals surface area contributed by atoms with E-state index in [1.54, 1.807) is 18.2 Å². The quantitative estimate of drug-likeness (QED) is 0.721. The number of nitrogens with zero attached hydrogens (tertiary/aromatic N) is 1. The third-order valence-electron chi connectivity index (χ3n) is 3.58. The van der Waals surface area contributed by atoms with Gasteiger partial charge in [0.05, 0.1) is 5.56 Å². The molecular formula is C14H22N2O2. The SMILES string of the molecule is CC(NCCN(C)C1CC1)c1c(O)cccc1O. The Bertz CT molecular complexity index is 385. The van der Waals surface area contributed by atoms with Crippen LogP contribution in [0.4, 0.5) is 0 Å². The zero-order chi connectivity index (χ0) is 13.1. The summed E-state index contributed by atoms with van der Waals surface area (Å²) in [5.41, 5.74) is 0.576. The van der Waals surface area contributed by atoms with Gasteiger partial charge in [0.15, 0.2) is 0 Å². The molecule has 1 aromatic rings. The van der Waals surface area contributed by atoms with Gasteiger partial charge in [-0.15, -0.1) is 0 Å². The Hall–Kier alpha value is -1.26. The fourth-order valence-electron chi connectivity index (χ4n) is 2.24. The van der Waals surface area contributed by atoms with Crippen molar-refractivity contribution in [1.29, 1.82) is 0 Å². The Balaban J connectivity index is 1.85. The van der Waals surface area contributed by atoms with Crippen LogP contribution in [0.1, 0.15) is 31.4 Å². The van der Waals surface area contributed by atoms with Crippen LogP contribution in [0.25, 0.3) is 0 Å². The first kappa shape index (κ1) is 13.2. The first-order valence-corrected chi connectivity index (χ1v) is 6.54. The van der Waals surface area contributed by atoms with Crippen LogP contribution in [-0.2, 0) is 0 Å². The lowest BCUT2D eigenvalue weighted by Gasteiger charge is -2.20. The summed E-state index contributed by atoms with van der Waals surface area (Å²) in [6.07, 6.45) is 2.62. The second-order valence-corrected chi connectivity index (χ2v) is 5.10. The molecule has 1 saturated carbocycles. The third kappa shape index (κ3) is 3.15. The van der Waals surface area contributed by atoms with Gasteiger partial charge in [-0.05, 0) is 38.9 Å². The maximum Gasteiger partial charge on any atom is 0.124 e. The highest BCUT2D eigenvalue weighted by Gasteiger charge is 2.25. The van der Waals surface area contributed by atoms with Crippen LogP contribution in [0.3, 0.4) is 0 Å². The molecule has 0 spiro atoms. The van der Waals surface area contributed by atoms with Crippen LogP contribution >= 0.6 is 0 Å². The van der Waals surface area contributed by atoms with Gasteiger partial charge in [-0.2, -0.15) is 0 Å². The molecule has 2 rings (SSSR count). The van der Waals surface area contributed by atoms with E-state index in [9.17, 15) is 10.2 Å². The zero-order valence-corrected chi connectivity index (χ0v) is 11.1. The van der Waals surface area contributed by atoms with Gasteiger partial charge in [-0.3, -0.25) is 0 Å². The van der Waals surface area contributed by atoms with Crippen LogP contribution in [0, 0.1) is 0 Å². The molecule has 0 heterocycles. The molecule has 1 aliphatic carbocycles. The molecule has 1 atom stereocenters. The number of aromatic hydroxyl groups is 2. The van der Waals surface area contributed by atoms with Crippen molar-refractivity contribution < 1.29 is 10.2 Å². The van der Waals surface area contributed by atoms with Crippen molar-refractivity contribution in [3.05, 3.63) is 23.8 Å². The summed E-state index contributed by atoms with van der Waals surface area (Å²) in [6, 6.07) is 5.55. The molecule has 0 aromatic heterocycles. The Labute approximate surface area is 108 Å². The number of hydrogen-bond donors (Lipinski definition) is 3. The second-order valence-electron chi connectivity index (χ2n) is 5.10. The number of rotatable bonds is 6. The van der Waals surface area contributed by atoms with Gasteiger partial charge in [0.1, 0.15) is 11.5 Å². The van der Waals surface area contributed by atoms with E-state index in [0.29, 0.717) is 5.56 Å². The summed E-state index contributed by atoms with van der Waals surface area (Å²) in [5, 5.41) is 22.8. The van der Waals surface area contributed by atoms with Crippen molar-refractivity contribution in [3.8, 4) is 11.5 Å². The lowest BCUT2D eigenvalue weighted by molar-refractivity contribution is 0.314. The number of hydrogen-bond acceptors (Lipinski definition) is 4. The number of phenolic OH excluding ortho intramolecular Hbond substituents is 2. The number of nitrogens with one attached hydrogen (secondary N) is 1. The minimum atomic E-state index is -0.0567. The van der Waals surface area contributed by atoms with Crippen LogP contribution in [0.2, 0.25) is 0 Å². The summed E-state index contributed by atoms with van der Waals surface area (Å²) in [4.78, 5) is 2.35. The van der Waals surface area contributed by atoms with Crippen LogP contribution in [0.5, 0.6) is 11.5 Å². The highest BCUT2D eigenvalue weighted by Crippen LogP contribution is 2.32. The van der Waals surface area contributed by atoms with Crippen LogP contribution in [0.15, 0.2) is 18.2 Å². The van der Waals surface area contributed by atoms with E-state index in [0.717, 1.165) is 19.1 Å². The van der Waals surface area contributed by atoms with E-state index in [1.165, 1.54) is 12.8 Å². The molecule has 1 unspecified atom stereocenters. The number of likely N-dealkylation sites (N-methyl/N-ethyl adjacent to an activating group) is 1. The van der Waals surface area contributed by atoms with Gasteiger partial charge in [0.25, 0.3) is 0 Å². The minimum absolute atomic E-state index is 0.0567. The Morgan fingerprint density at radius 3 is 2.50 bits per heavy atom. The largest absolute Gasteiger partial charge is 0.507 e. The van der Waals surface area contributed by atoms with E-state index in [2.05, 4.69) is 17.3 Å². The number of benzene rings is 1. The molecular weight excluding hydrogens is 228 g/mol. The fourth-order valence-corrected chi connectivity index (χ4v) is 2.24. The summed E-state index contributed by atoms with van der Waals surface area (Å²) >= 11 is 0. The predicted molar refractivity (Wildman–Crippen MR) is 71.8 cm³/mol. The normalized spacial score (nSPS) is 17.1. The van der Waals surface area contributed by atoms with E-state index in [1.807, 2.05) is 6.92 Å². The van der Waals surface area contributed by atoms with E-state index in [-0.39, 0.29) is 17.5 Å². The lowest BCUT2D eigenvalue weighted by Crippen LogP contribution is -2.32. The Morgan fingerprint density at radius 1 is 1.33 bits per heavy atom. The van der Waals surface area contributed by atoms with E-state index in [4.69, 9.17) is 0 Å². The highest BCUT2D eigenvalue weighted by atomic mass is 16.3. The molecule has 4 nitrogen and oxygen atoms in total. The van der Waals surface area contributed by atoms with Crippen molar-refractivity contribution >= 4 is 0 Å². The summed E-state index contributed by atoms with van der Waals surface area (Å²) < 4.78 is 0. The van der Waals surface area contributed by atoms with Gasteiger partial charge in [0, 0.05) is 25.2 Å². The molecule has 0 aliphatic heterocycles. The van der Waals surface area contributed by atoms with Crippen molar-refractivity contribution in [3.63, 3.8) is 0 Å². The van der Waals surface area contributed by atoms with Gasteiger partial charge in [0.2, 0.25) is 0 Å². The van der Waals surface area contributed by atoms with Crippen LogP contribution in [-0.4, -0.2) is 41.3 Å². The topological polar surface area (TPSA) is 55.7 Å². The molecule has 0 saturated heterocycles. The molecule has 3 N–H and O–H groups in total. The standard InChI is InChI=1S/C14H22N2O2/c1-10(14-12(17)4-3-5-13(14)18)15-8-9-16(2)11-6-7-11/h3-5,10-11,15,17-18H,6-9H2,1-2H3. The smallest absolute Gasteiger partial charge is 0.124 e. The molecule has 18 heavy (non-hydrogen) atoms. The highest BCUT2D eigenvalue weighted by molar-refractivity contribution is 5.44.